The van der Waals surface area contributed by atoms with E-state index in [9.17, 15) is 10.1 Å². The maximum Gasteiger partial charge on any atom is 0.295 e. The lowest BCUT2D eigenvalue weighted by molar-refractivity contribution is -0.383. The highest BCUT2D eigenvalue weighted by atomic mass is 16.6. The lowest BCUT2D eigenvalue weighted by Crippen LogP contribution is -2.24. The Hall–Kier alpha value is -2.25. The van der Waals surface area contributed by atoms with E-state index in [-0.39, 0.29) is 5.69 Å². The molecule has 0 atom stereocenters. The second-order valence-corrected chi connectivity index (χ2v) is 4.82. The molecule has 2 aromatic rings. The summed E-state index contributed by atoms with van der Waals surface area (Å²) >= 11 is 0. The fourth-order valence-electron chi connectivity index (χ4n) is 2.20. The third-order valence-corrected chi connectivity index (χ3v) is 3.27. The van der Waals surface area contributed by atoms with E-state index < -0.39 is 4.92 Å². The molecule has 0 aliphatic carbocycles. The average Bonchev–Trinajstić information content (AvgIpc) is 2.53. The van der Waals surface area contributed by atoms with Crippen molar-refractivity contribution in [2.45, 2.75) is 6.42 Å². The number of anilines is 1. The summed E-state index contributed by atoms with van der Waals surface area (Å²) in [5.41, 5.74) is 0.0267. The summed E-state index contributed by atoms with van der Waals surface area (Å²) in [5, 5.41) is 18.9. The van der Waals surface area contributed by atoms with Crippen LogP contribution in [0.3, 0.4) is 0 Å². The zero-order chi connectivity index (χ0) is 15.8. The minimum absolute atomic E-state index is 0.0267. The van der Waals surface area contributed by atoms with Gasteiger partial charge in [-0.25, -0.2) is 4.98 Å². The topological polar surface area (TPSA) is 89.3 Å². The smallest absolute Gasteiger partial charge is 0.295 e. The molecule has 0 radical (unpaired) electrons. The average molecular weight is 304 g/mol. The molecule has 118 valence electrons. The van der Waals surface area contributed by atoms with Crippen LogP contribution in [0.15, 0.2) is 30.5 Å². The van der Waals surface area contributed by atoms with Crippen molar-refractivity contribution in [2.75, 3.05) is 38.7 Å². The molecule has 0 spiro atoms. The third kappa shape index (κ3) is 4.12. The fraction of sp³-hybridized carbons (Fsp3) is 0.400. The van der Waals surface area contributed by atoms with Crippen molar-refractivity contribution >= 4 is 22.3 Å². The van der Waals surface area contributed by atoms with Crippen LogP contribution >= 0.6 is 0 Å². The monoisotopic (exact) mass is 304 g/mol. The predicted octanol–water partition coefficient (Wildman–Crippen LogP) is 2.18. The molecule has 1 aromatic carbocycles. The van der Waals surface area contributed by atoms with Gasteiger partial charge in [0.15, 0.2) is 0 Å². The van der Waals surface area contributed by atoms with Crippen LogP contribution in [-0.4, -0.2) is 43.3 Å². The largest absolute Gasteiger partial charge is 0.385 e. The molecule has 0 aliphatic heterocycles. The molecular weight excluding hydrogens is 284 g/mol. The van der Waals surface area contributed by atoms with Gasteiger partial charge in [-0.3, -0.25) is 10.1 Å². The van der Waals surface area contributed by atoms with Crippen molar-refractivity contribution in [3.05, 3.63) is 40.6 Å². The van der Waals surface area contributed by atoms with E-state index >= 15 is 0 Å². The number of hydrogen-bond acceptors (Lipinski definition) is 6. The minimum Gasteiger partial charge on any atom is -0.385 e. The fourth-order valence-corrected chi connectivity index (χ4v) is 2.20. The van der Waals surface area contributed by atoms with Crippen molar-refractivity contribution in [1.82, 2.24) is 10.3 Å². The van der Waals surface area contributed by atoms with Crippen molar-refractivity contribution in [3.63, 3.8) is 0 Å². The molecule has 1 heterocycles. The van der Waals surface area contributed by atoms with Crippen LogP contribution in [0.5, 0.6) is 0 Å². The maximum atomic E-state index is 11.0. The number of methoxy groups -OCH3 is 1. The van der Waals surface area contributed by atoms with Crippen molar-refractivity contribution in [1.29, 1.82) is 0 Å². The Morgan fingerprint density at radius 1 is 1.23 bits per heavy atom. The summed E-state index contributed by atoms with van der Waals surface area (Å²) in [5.74, 6) is 0.667. The van der Waals surface area contributed by atoms with Crippen LogP contribution in [-0.2, 0) is 4.74 Å². The number of rotatable bonds is 9. The number of nitro groups is 1. The molecule has 0 aliphatic rings. The number of fused-ring (bicyclic) bond motifs is 1. The zero-order valence-electron chi connectivity index (χ0n) is 12.5. The molecule has 0 saturated carbocycles. The predicted molar refractivity (Wildman–Crippen MR) is 86.2 cm³/mol. The first kappa shape index (κ1) is 16.1. The second-order valence-electron chi connectivity index (χ2n) is 4.82. The van der Waals surface area contributed by atoms with Crippen LogP contribution in [0.25, 0.3) is 10.8 Å². The highest BCUT2D eigenvalue weighted by Gasteiger charge is 2.14. The van der Waals surface area contributed by atoms with Gasteiger partial charge in [-0.05, 0) is 19.0 Å². The molecule has 7 nitrogen and oxygen atoms in total. The SMILES string of the molecule is COCCCNCCNc1ncc([N+](=O)[O-])c2ccccc12. The van der Waals surface area contributed by atoms with Gasteiger partial charge in [0, 0.05) is 32.2 Å². The van der Waals surface area contributed by atoms with Gasteiger partial charge in [0.1, 0.15) is 12.0 Å². The quantitative estimate of drug-likeness (QED) is 0.419. The number of ether oxygens (including phenoxy) is 1. The Labute approximate surface area is 128 Å². The van der Waals surface area contributed by atoms with Gasteiger partial charge in [-0.15, -0.1) is 0 Å². The van der Waals surface area contributed by atoms with E-state index in [0.717, 1.165) is 31.5 Å². The molecule has 0 unspecified atom stereocenters. The summed E-state index contributed by atoms with van der Waals surface area (Å²) in [4.78, 5) is 14.8. The summed E-state index contributed by atoms with van der Waals surface area (Å²) in [6.45, 7) is 3.12. The summed E-state index contributed by atoms with van der Waals surface area (Å²) in [6.07, 6.45) is 2.27. The number of aromatic nitrogens is 1. The van der Waals surface area contributed by atoms with Gasteiger partial charge in [-0.2, -0.15) is 0 Å². The molecule has 0 saturated heterocycles. The summed E-state index contributed by atoms with van der Waals surface area (Å²) in [7, 11) is 1.69. The Morgan fingerprint density at radius 2 is 2.00 bits per heavy atom. The van der Waals surface area contributed by atoms with Gasteiger partial charge in [-0.1, -0.05) is 18.2 Å². The van der Waals surface area contributed by atoms with Crippen molar-refractivity contribution < 1.29 is 9.66 Å². The Kier molecular flexibility index (Phi) is 6.05. The molecule has 0 amide bonds. The van der Waals surface area contributed by atoms with Gasteiger partial charge < -0.3 is 15.4 Å². The molecule has 22 heavy (non-hydrogen) atoms. The number of nitrogens with zero attached hydrogens (tertiary/aromatic N) is 2. The molecule has 1 aromatic heterocycles. The van der Waals surface area contributed by atoms with E-state index in [0.29, 0.717) is 17.7 Å². The highest BCUT2D eigenvalue weighted by molar-refractivity contribution is 5.97. The molecule has 7 heteroatoms. The van der Waals surface area contributed by atoms with Gasteiger partial charge >= 0.3 is 0 Å². The van der Waals surface area contributed by atoms with Gasteiger partial charge in [0.25, 0.3) is 5.69 Å². The number of nitrogens with one attached hydrogen (secondary N) is 2. The normalized spacial score (nSPS) is 10.8. The van der Waals surface area contributed by atoms with E-state index in [1.54, 1.807) is 19.2 Å². The van der Waals surface area contributed by atoms with E-state index in [1.807, 2.05) is 12.1 Å². The van der Waals surface area contributed by atoms with Crippen LogP contribution in [0, 0.1) is 10.1 Å². The molecule has 0 fully saturated rings. The highest BCUT2D eigenvalue weighted by Crippen LogP contribution is 2.28. The number of hydrogen-bond donors (Lipinski definition) is 2. The van der Waals surface area contributed by atoms with Crippen LogP contribution in [0.2, 0.25) is 0 Å². The Bertz CT molecular complexity index is 633. The van der Waals surface area contributed by atoms with E-state index in [1.165, 1.54) is 6.20 Å². The Morgan fingerprint density at radius 3 is 2.73 bits per heavy atom. The first-order valence-corrected chi connectivity index (χ1v) is 7.19. The first-order chi connectivity index (χ1) is 10.7. The molecule has 2 rings (SSSR count). The van der Waals surface area contributed by atoms with Gasteiger partial charge in [0.2, 0.25) is 0 Å². The van der Waals surface area contributed by atoms with E-state index in [4.69, 9.17) is 4.74 Å². The van der Waals surface area contributed by atoms with Crippen LogP contribution in [0.4, 0.5) is 11.5 Å². The second kappa shape index (κ2) is 8.26. The molecular formula is C15H20N4O3. The molecule has 2 N–H and O–H groups in total. The number of benzene rings is 1. The summed E-state index contributed by atoms with van der Waals surface area (Å²) in [6, 6.07) is 7.21. The minimum atomic E-state index is -0.406. The van der Waals surface area contributed by atoms with Crippen molar-refractivity contribution in [2.24, 2.45) is 0 Å². The Balaban J connectivity index is 1.97. The third-order valence-electron chi connectivity index (χ3n) is 3.27. The lowest BCUT2D eigenvalue weighted by Gasteiger charge is -2.09. The first-order valence-electron chi connectivity index (χ1n) is 7.19. The van der Waals surface area contributed by atoms with E-state index in [2.05, 4.69) is 15.6 Å². The standard InChI is InChI=1S/C15H20N4O3/c1-22-10-4-7-16-8-9-17-15-13-6-3-2-5-12(13)14(11-18-15)19(20)21/h2-3,5-6,11,16H,4,7-10H2,1H3,(H,17,18). The van der Waals surface area contributed by atoms with Crippen LogP contribution < -0.4 is 10.6 Å². The van der Waals surface area contributed by atoms with Crippen molar-refractivity contribution in [3.8, 4) is 0 Å². The zero-order valence-corrected chi connectivity index (χ0v) is 12.5. The maximum absolute atomic E-state index is 11.0. The molecule has 0 bridgehead atoms. The number of pyridine rings is 1. The lowest BCUT2D eigenvalue weighted by atomic mass is 10.1. The summed E-state index contributed by atoms with van der Waals surface area (Å²) < 4.78 is 4.98. The van der Waals surface area contributed by atoms with Crippen LogP contribution in [0.1, 0.15) is 6.42 Å². The van der Waals surface area contributed by atoms with Gasteiger partial charge in [0.05, 0.1) is 10.3 Å².